The molecule has 6 rings (SSSR count). The summed E-state index contributed by atoms with van der Waals surface area (Å²) in [6, 6.07) is 23.9. The number of hydrogen-bond donors (Lipinski definition) is 0. The van der Waals surface area contributed by atoms with Gasteiger partial charge in [-0.25, -0.2) is 4.98 Å². The molecule has 0 radical (unpaired) electrons. The van der Waals surface area contributed by atoms with E-state index in [4.69, 9.17) is 4.98 Å². The Bertz CT molecular complexity index is 1450. The van der Waals surface area contributed by atoms with E-state index >= 15 is 0 Å². The molecule has 1 atom stereocenters. The van der Waals surface area contributed by atoms with Gasteiger partial charge in [0.2, 0.25) is 0 Å². The van der Waals surface area contributed by atoms with Crippen molar-refractivity contribution < 1.29 is 4.79 Å². The first-order valence-corrected chi connectivity index (χ1v) is 11.5. The minimum atomic E-state index is 0.0467. The molecule has 5 aromatic rings. The van der Waals surface area contributed by atoms with Gasteiger partial charge in [-0.15, -0.1) is 0 Å². The zero-order valence-corrected chi connectivity index (χ0v) is 18.6. The highest BCUT2D eigenvalue weighted by Crippen LogP contribution is 2.31. The third-order valence-electron chi connectivity index (χ3n) is 6.47. The van der Waals surface area contributed by atoms with Crippen LogP contribution in [0.1, 0.15) is 28.3 Å². The zero-order chi connectivity index (χ0) is 22.9. The minimum Gasteiger partial charge on any atom is -0.338 e. The quantitative estimate of drug-likeness (QED) is 0.386. The van der Waals surface area contributed by atoms with Crippen LogP contribution >= 0.6 is 0 Å². The maximum atomic E-state index is 13.4. The van der Waals surface area contributed by atoms with Gasteiger partial charge < -0.3 is 4.90 Å². The van der Waals surface area contributed by atoms with Gasteiger partial charge in [-0.2, -0.15) is 0 Å². The van der Waals surface area contributed by atoms with E-state index in [0.717, 1.165) is 41.1 Å². The zero-order valence-electron chi connectivity index (χ0n) is 18.6. The molecule has 0 N–H and O–H groups in total. The van der Waals surface area contributed by atoms with E-state index in [9.17, 15) is 4.79 Å². The maximum absolute atomic E-state index is 13.4. The summed E-state index contributed by atoms with van der Waals surface area (Å²) in [7, 11) is 0. The highest BCUT2D eigenvalue weighted by atomic mass is 16.2. The van der Waals surface area contributed by atoms with E-state index in [2.05, 4.69) is 20.6 Å². The number of imidazole rings is 1. The SMILES string of the molecule is O=C(c1ccc2c(c1)nc(-c1ccccc1)n2-c1cccnc1)N1CCC(c2cccnc2)C1. The van der Waals surface area contributed by atoms with Gasteiger partial charge in [0.05, 0.1) is 22.9 Å². The molecule has 0 spiro atoms. The minimum absolute atomic E-state index is 0.0467. The van der Waals surface area contributed by atoms with Crippen LogP contribution in [-0.4, -0.2) is 43.4 Å². The Hall–Kier alpha value is -4.32. The Morgan fingerprint density at radius 1 is 0.882 bits per heavy atom. The standard InChI is InChI=1S/C28H23N5O/c34-28(32-15-12-23(19-32)22-8-4-13-29-17-22)21-10-11-26-25(16-21)31-27(20-6-2-1-3-7-20)33(26)24-9-5-14-30-18-24/h1-11,13-14,16-18,23H,12,15,19H2. The van der Waals surface area contributed by atoms with Crippen LogP contribution in [0, 0.1) is 0 Å². The number of pyridine rings is 2. The number of aromatic nitrogens is 4. The second kappa shape index (κ2) is 8.56. The van der Waals surface area contributed by atoms with Gasteiger partial charge in [0.1, 0.15) is 5.82 Å². The van der Waals surface area contributed by atoms with E-state index in [-0.39, 0.29) is 5.91 Å². The summed E-state index contributed by atoms with van der Waals surface area (Å²) >= 11 is 0. The van der Waals surface area contributed by atoms with Crippen LogP contribution in [0.5, 0.6) is 0 Å². The molecule has 4 heterocycles. The van der Waals surface area contributed by atoms with E-state index in [1.165, 1.54) is 5.56 Å². The van der Waals surface area contributed by atoms with Crippen molar-refractivity contribution in [1.82, 2.24) is 24.4 Å². The summed E-state index contributed by atoms with van der Waals surface area (Å²) in [5.41, 5.74) is 5.52. The average molecular weight is 446 g/mol. The van der Waals surface area contributed by atoms with Crippen LogP contribution in [0.25, 0.3) is 28.1 Å². The first kappa shape index (κ1) is 20.3. The fraction of sp³-hybridized carbons (Fsp3) is 0.143. The van der Waals surface area contributed by atoms with Gasteiger partial charge in [-0.1, -0.05) is 36.4 Å². The number of carbonyl (C=O) groups is 1. The number of hydrogen-bond acceptors (Lipinski definition) is 4. The van der Waals surface area contributed by atoms with Crippen LogP contribution in [0.2, 0.25) is 0 Å². The largest absolute Gasteiger partial charge is 0.338 e. The number of benzene rings is 2. The van der Waals surface area contributed by atoms with Crippen LogP contribution in [0.15, 0.2) is 97.6 Å². The molecule has 1 unspecified atom stereocenters. The topological polar surface area (TPSA) is 63.9 Å². The van der Waals surface area contributed by atoms with Crippen molar-refractivity contribution in [3.05, 3.63) is 109 Å². The Kier molecular flexibility index (Phi) is 5.11. The maximum Gasteiger partial charge on any atom is 0.253 e. The van der Waals surface area contributed by atoms with Crippen molar-refractivity contribution >= 4 is 16.9 Å². The predicted octanol–water partition coefficient (Wildman–Crippen LogP) is 5.11. The lowest BCUT2D eigenvalue weighted by molar-refractivity contribution is 0.0791. The van der Waals surface area contributed by atoms with Crippen LogP contribution < -0.4 is 0 Å². The Morgan fingerprint density at radius 3 is 2.47 bits per heavy atom. The number of amides is 1. The van der Waals surface area contributed by atoms with Crippen LogP contribution in [0.4, 0.5) is 0 Å². The number of rotatable bonds is 4. The van der Waals surface area contributed by atoms with E-state index < -0.39 is 0 Å². The molecule has 0 aliphatic carbocycles. The average Bonchev–Trinajstić information content (AvgIpc) is 3.55. The second-order valence-electron chi connectivity index (χ2n) is 8.57. The molecule has 2 aromatic carbocycles. The number of fused-ring (bicyclic) bond motifs is 1. The fourth-order valence-corrected chi connectivity index (χ4v) is 4.76. The Morgan fingerprint density at radius 2 is 1.71 bits per heavy atom. The van der Waals surface area contributed by atoms with Gasteiger partial charge in [0, 0.05) is 48.7 Å². The molecule has 3 aromatic heterocycles. The Labute approximate surface area is 197 Å². The second-order valence-corrected chi connectivity index (χ2v) is 8.57. The van der Waals surface area contributed by atoms with Crippen molar-refractivity contribution in [3.8, 4) is 17.1 Å². The first-order valence-electron chi connectivity index (χ1n) is 11.5. The lowest BCUT2D eigenvalue weighted by Crippen LogP contribution is -2.28. The molecule has 1 amide bonds. The van der Waals surface area contributed by atoms with Gasteiger partial charge in [0.25, 0.3) is 5.91 Å². The lowest BCUT2D eigenvalue weighted by Gasteiger charge is -2.17. The molecule has 1 aliphatic rings. The molecule has 166 valence electrons. The van der Waals surface area contributed by atoms with Crippen LogP contribution in [-0.2, 0) is 0 Å². The predicted molar refractivity (Wildman–Crippen MR) is 132 cm³/mol. The third kappa shape index (κ3) is 3.63. The van der Waals surface area contributed by atoms with Crippen molar-refractivity contribution in [1.29, 1.82) is 0 Å². The smallest absolute Gasteiger partial charge is 0.253 e. The van der Waals surface area contributed by atoms with Crippen molar-refractivity contribution in [2.24, 2.45) is 0 Å². The molecular formula is C28H23N5O. The molecule has 34 heavy (non-hydrogen) atoms. The van der Waals surface area contributed by atoms with Crippen LogP contribution in [0.3, 0.4) is 0 Å². The molecule has 1 aliphatic heterocycles. The number of carbonyl (C=O) groups excluding carboxylic acids is 1. The van der Waals surface area contributed by atoms with E-state index in [1.807, 2.05) is 84.0 Å². The van der Waals surface area contributed by atoms with Gasteiger partial charge in [-0.3, -0.25) is 19.3 Å². The fourth-order valence-electron chi connectivity index (χ4n) is 4.76. The summed E-state index contributed by atoms with van der Waals surface area (Å²) < 4.78 is 2.10. The molecule has 1 fully saturated rings. The Balaban J connectivity index is 1.37. The van der Waals surface area contributed by atoms with Crippen molar-refractivity contribution in [2.45, 2.75) is 12.3 Å². The first-order chi connectivity index (χ1) is 16.8. The lowest BCUT2D eigenvalue weighted by atomic mass is 10.0. The van der Waals surface area contributed by atoms with E-state index in [0.29, 0.717) is 18.0 Å². The summed E-state index contributed by atoms with van der Waals surface area (Å²) in [6.45, 7) is 1.46. The highest BCUT2D eigenvalue weighted by molar-refractivity contribution is 5.98. The summed E-state index contributed by atoms with van der Waals surface area (Å²) in [6.07, 6.45) is 8.23. The number of nitrogens with zero attached hydrogens (tertiary/aromatic N) is 5. The number of likely N-dealkylation sites (tertiary alicyclic amines) is 1. The van der Waals surface area contributed by atoms with E-state index in [1.54, 1.807) is 12.4 Å². The normalized spacial score (nSPS) is 15.6. The highest BCUT2D eigenvalue weighted by Gasteiger charge is 2.28. The van der Waals surface area contributed by atoms with Gasteiger partial charge >= 0.3 is 0 Å². The van der Waals surface area contributed by atoms with Crippen molar-refractivity contribution in [2.75, 3.05) is 13.1 Å². The summed E-state index contributed by atoms with van der Waals surface area (Å²) in [5, 5.41) is 0. The third-order valence-corrected chi connectivity index (χ3v) is 6.47. The molecule has 1 saturated heterocycles. The molecular weight excluding hydrogens is 422 g/mol. The molecule has 0 bridgehead atoms. The van der Waals surface area contributed by atoms with Gasteiger partial charge in [0.15, 0.2) is 0 Å². The summed E-state index contributed by atoms with van der Waals surface area (Å²) in [4.78, 5) is 28.8. The summed E-state index contributed by atoms with van der Waals surface area (Å²) in [5.74, 6) is 1.20. The van der Waals surface area contributed by atoms with Crippen molar-refractivity contribution in [3.63, 3.8) is 0 Å². The molecule has 6 nitrogen and oxygen atoms in total. The monoisotopic (exact) mass is 445 g/mol. The van der Waals surface area contributed by atoms with Gasteiger partial charge in [-0.05, 0) is 48.4 Å². The molecule has 0 saturated carbocycles. The molecule has 6 heteroatoms.